The Kier molecular flexibility index (Phi) is 12.2. The molecule has 1 saturated heterocycles. The predicted octanol–water partition coefficient (Wildman–Crippen LogP) is 6.91. The Hall–Kier alpha value is -4.71. The van der Waals surface area contributed by atoms with Crippen LogP contribution in [0.2, 0.25) is 0 Å². The van der Waals surface area contributed by atoms with Crippen molar-refractivity contribution in [2.45, 2.75) is 52.1 Å². The summed E-state index contributed by atoms with van der Waals surface area (Å²) in [6.45, 7) is 7.43. The molecule has 0 aliphatic carbocycles. The van der Waals surface area contributed by atoms with Gasteiger partial charge in [-0.2, -0.15) is 0 Å². The summed E-state index contributed by atoms with van der Waals surface area (Å²) in [4.78, 5) is 12.3. The van der Waals surface area contributed by atoms with Gasteiger partial charge in [0, 0.05) is 12.5 Å². The molecule has 0 radical (unpaired) electrons. The Labute approximate surface area is 288 Å². The fourth-order valence-corrected chi connectivity index (χ4v) is 6.29. The van der Waals surface area contributed by atoms with E-state index in [1.54, 1.807) is 54.6 Å². The van der Waals surface area contributed by atoms with Crippen molar-refractivity contribution in [3.05, 3.63) is 53.1 Å². The molecule has 0 saturated carbocycles. The highest BCUT2D eigenvalue weighted by Gasteiger charge is 2.42. The number of hydrogen-bond acceptors (Lipinski definition) is 12. The number of methoxy groups -OCH3 is 8. The molecule has 268 valence electrons. The minimum Gasteiger partial charge on any atom is -0.493 e. The van der Waals surface area contributed by atoms with Crippen molar-refractivity contribution in [1.82, 2.24) is 0 Å². The number of hydrogen-bond donors (Lipinski definition) is 0. The molecule has 0 bridgehead atoms. The molecule has 0 unspecified atom stereocenters. The van der Waals surface area contributed by atoms with Gasteiger partial charge in [-0.05, 0) is 66.3 Å². The van der Waals surface area contributed by atoms with Crippen molar-refractivity contribution in [1.29, 1.82) is 0 Å². The minimum absolute atomic E-state index is 0.109. The summed E-state index contributed by atoms with van der Waals surface area (Å²) in [5.41, 5.74) is 2.34. The molecule has 1 aliphatic heterocycles. The third kappa shape index (κ3) is 7.49. The molecule has 3 aromatic carbocycles. The van der Waals surface area contributed by atoms with Crippen LogP contribution in [0.4, 0.5) is 0 Å². The van der Waals surface area contributed by atoms with Gasteiger partial charge in [0.1, 0.15) is 6.10 Å². The molecule has 0 aromatic heterocycles. The van der Waals surface area contributed by atoms with E-state index in [1.807, 2.05) is 24.3 Å². The first-order valence-electron chi connectivity index (χ1n) is 15.8. The second-order valence-electron chi connectivity index (χ2n) is 11.7. The lowest BCUT2D eigenvalue weighted by atomic mass is 9.85. The number of esters is 1. The van der Waals surface area contributed by atoms with Gasteiger partial charge < -0.3 is 52.1 Å². The Morgan fingerprint density at radius 1 is 0.571 bits per heavy atom. The lowest BCUT2D eigenvalue weighted by Gasteiger charge is -2.28. The quantitative estimate of drug-likeness (QED) is 0.155. The fraction of sp³-hybridized carbons (Fsp3) is 0.486. The van der Waals surface area contributed by atoms with Gasteiger partial charge >= 0.3 is 5.97 Å². The summed E-state index contributed by atoms with van der Waals surface area (Å²) in [6, 6.07) is 11.1. The van der Waals surface area contributed by atoms with E-state index in [0.717, 1.165) is 11.1 Å². The van der Waals surface area contributed by atoms with Gasteiger partial charge in [0.25, 0.3) is 0 Å². The highest BCUT2D eigenvalue weighted by Crippen LogP contribution is 2.53. The molecule has 6 atom stereocenters. The van der Waals surface area contributed by atoms with Gasteiger partial charge in [0.2, 0.25) is 17.2 Å². The van der Waals surface area contributed by atoms with Crippen molar-refractivity contribution in [3.63, 3.8) is 0 Å². The summed E-state index contributed by atoms with van der Waals surface area (Å²) < 4.78 is 64.0. The van der Waals surface area contributed by atoms with E-state index >= 15 is 0 Å². The minimum atomic E-state index is -0.862. The summed E-state index contributed by atoms with van der Waals surface area (Å²) in [5.74, 6) is 3.79. The maximum atomic E-state index is 12.3. The van der Waals surface area contributed by atoms with Crippen LogP contribution in [0.1, 0.15) is 62.7 Å². The zero-order valence-corrected chi connectivity index (χ0v) is 30.3. The smallest absolute Gasteiger partial charge is 0.303 e. The Morgan fingerprint density at radius 3 is 1.24 bits per heavy atom. The monoisotopic (exact) mass is 684 g/mol. The molecule has 1 fully saturated rings. The third-order valence-corrected chi connectivity index (χ3v) is 8.94. The molecular formula is C37H48O12. The lowest BCUT2D eigenvalue weighted by molar-refractivity contribution is -0.151. The van der Waals surface area contributed by atoms with E-state index in [4.69, 9.17) is 52.1 Å². The maximum absolute atomic E-state index is 12.3. The van der Waals surface area contributed by atoms with Crippen LogP contribution in [-0.4, -0.2) is 69.0 Å². The number of rotatable bonds is 15. The van der Waals surface area contributed by atoms with Crippen molar-refractivity contribution in [2.75, 3.05) is 56.9 Å². The molecular weight excluding hydrogens is 636 g/mol. The summed E-state index contributed by atoms with van der Waals surface area (Å²) in [6.07, 6.45) is -2.14. The van der Waals surface area contributed by atoms with Crippen LogP contribution in [0, 0.1) is 11.8 Å². The molecule has 4 rings (SSSR count). The summed E-state index contributed by atoms with van der Waals surface area (Å²) >= 11 is 0. The van der Waals surface area contributed by atoms with E-state index in [9.17, 15) is 4.79 Å². The highest BCUT2D eigenvalue weighted by molar-refractivity contribution is 5.67. The second kappa shape index (κ2) is 16.1. The Bertz CT molecular complexity index is 1530. The molecule has 0 N–H and O–H groups in total. The molecule has 0 spiro atoms. The van der Waals surface area contributed by atoms with Gasteiger partial charge in [-0.25, -0.2) is 0 Å². The van der Waals surface area contributed by atoms with E-state index in [0.29, 0.717) is 57.3 Å². The zero-order chi connectivity index (χ0) is 36.0. The average molecular weight is 685 g/mol. The molecule has 49 heavy (non-hydrogen) atoms. The number of carbonyl (C=O) groups excluding carboxylic acids is 1. The van der Waals surface area contributed by atoms with Gasteiger partial charge in [0.05, 0.1) is 69.1 Å². The summed E-state index contributed by atoms with van der Waals surface area (Å²) in [7, 11) is 12.4. The number of carbonyl (C=O) groups is 1. The van der Waals surface area contributed by atoms with Gasteiger partial charge in [-0.15, -0.1) is 0 Å². The summed E-state index contributed by atoms with van der Waals surface area (Å²) in [5, 5.41) is 0. The molecule has 3 aromatic rings. The van der Waals surface area contributed by atoms with E-state index in [1.165, 1.54) is 28.3 Å². The van der Waals surface area contributed by atoms with Crippen LogP contribution >= 0.6 is 0 Å². The number of ether oxygens (including phenoxy) is 11. The first-order valence-corrected chi connectivity index (χ1v) is 15.8. The second-order valence-corrected chi connectivity index (χ2v) is 11.7. The van der Waals surface area contributed by atoms with Crippen LogP contribution < -0.4 is 42.6 Å². The normalized spacial score (nSPS) is 19.7. The van der Waals surface area contributed by atoms with Crippen LogP contribution in [0.25, 0.3) is 0 Å². The first-order chi connectivity index (χ1) is 23.5. The SMILES string of the molecule is COc1cc([C@H]2O[C@@H](c3cc(OC)c(O[C@@H](C)[C@H](OC(C)=O)c4cc(OC)c(OC)c(OC)c4)c(OC)c3)[C@H](C)[C@H]2C)cc(OC)c1OC. The third-order valence-electron chi connectivity index (χ3n) is 8.94. The lowest BCUT2D eigenvalue weighted by Crippen LogP contribution is -2.26. The van der Waals surface area contributed by atoms with E-state index in [2.05, 4.69) is 13.8 Å². The van der Waals surface area contributed by atoms with Crippen LogP contribution in [0.15, 0.2) is 36.4 Å². The highest BCUT2D eigenvalue weighted by atomic mass is 16.6. The van der Waals surface area contributed by atoms with Crippen molar-refractivity contribution < 1.29 is 56.9 Å². The van der Waals surface area contributed by atoms with Crippen molar-refractivity contribution >= 4 is 5.97 Å². The zero-order valence-electron chi connectivity index (χ0n) is 30.3. The molecule has 1 heterocycles. The Balaban J connectivity index is 1.70. The Morgan fingerprint density at radius 2 is 0.918 bits per heavy atom. The molecule has 0 amide bonds. The molecule has 1 aliphatic rings. The molecule has 12 heteroatoms. The maximum Gasteiger partial charge on any atom is 0.303 e. The van der Waals surface area contributed by atoms with Crippen LogP contribution in [0.5, 0.6) is 51.7 Å². The van der Waals surface area contributed by atoms with Gasteiger partial charge in [0.15, 0.2) is 40.6 Å². The van der Waals surface area contributed by atoms with Gasteiger partial charge in [-0.1, -0.05) is 13.8 Å². The standard InChI is InChI=1S/C37H48O12/c1-19-20(2)33(49-32(19)23-13-26(39-5)35(45-11)27(14-23)40-6)24-15-30(43-9)37(31(16-24)44-10)47-21(3)34(48-22(4)38)25-17-28(41-7)36(46-12)29(18-25)42-8/h13-21,32-34H,1-12H3/t19-,20-,21+,32+,33-,34+/m1/s1. The van der Waals surface area contributed by atoms with Crippen LogP contribution in [0.3, 0.4) is 0 Å². The van der Waals surface area contributed by atoms with Crippen molar-refractivity contribution in [2.24, 2.45) is 11.8 Å². The van der Waals surface area contributed by atoms with Gasteiger partial charge in [-0.3, -0.25) is 4.79 Å². The first kappa shape index (κ1) is 37.1. The predicted molar refractivity (Wildman–Crippen MR) is 181 cm³/mol. The van der Waals surface area contributed by atoms with Crippen molar-refractivity contribution in [3.8, 4) is 51.7 Å². The number of benzene rings is 3. The topological polar surface area (TPSA) is 119 Å². The van der Waals surface area contributed by atoms with Crippen LogP contribution in [-0.2, 0) is 14.3 Å². The van der Waals surface area contributed by atoms with E-state index < -0.39 is 18.2 Å². The average Bonchev–Trinajstić information content (AvgIpc) is 3.41. The van der Waals surface area contributed by atoms with E-state index in [-0.39, 0.29) is 24.0 Å². The molecule has 12 nitrogen and oxygen atoms in total. The largest absolute Gasteiger partial charge is 0.493 e. The fourth-order valence-electron chi connectivity index (χ4n) is 6.29.